The summed E-state index contributed by atoms with van der Waals surface area (Å²) >= 11 is 0. The summed E-state index contributed by atoms with van der Waals surface area (Å²) in [6.07, 6.45) is 3.47. The maximum atomic E-state index is 12.4. The second kappa shape index (κ2) is 3.55. The van der Waals surface area contributed by atoms with Crippen molar-refractivity contribution < 1.29 is 9.59 Å². The van der Waals surface area contributed by atoms with Crippen molar-refractivity contribution in [1.29, 1.82) is 0 Å². The first-order chi connectivity index (χ1) is 8.25. The molecule has 0 N–H and O–H groups in total. The molecule has 0 radical (unpaired) electrons. The molecule has 4 nitrogen and oxygen atoms in total. The van der Waals surface area contributed by atoms with Crippen LogP contribution in [-0.2, 0) is 9.59 Å². The number of ketones is 1. The van der Waals surface area contributed by atoms with Gasteiger partial charge in [0.1, 0.15) is 0 Å². The lowest BCUT2D eigenvalue weighted by Gasteiger charge is -2.45. The Morgan fingerprint density at radius 1 is 1.33 bits per heavy atom. The van der Waals surface area contributed by atoms with Gasteiger partial charge in [0.15, 0.2) is 5.78 Å². The van der Waals surface area contributed by atoms with E-state index in [1.54, 1.807) is 32.7 Å². The third kappa shape index (κ3) is 1.37. The Morgan fingerprint density at radius 2 is 1.94 bits per heavy atom. The topological polar surface area (TPSA) is 41.7 Å². The van der Waals surface area contributed by atoms with Crippen LogP contribution in [0.1, 0.15) is 20.8 Å². The van der Waals surface area contributed by atoms with E-state index in [2.05, 4.69) is 4.85 Å². The van der Waals surface area contributed by atoms with Crippen LogP contribution in [0.4, 0.5) is 0 Å². The number of rotatable bonds is 0. The van der Waals surface area contributed by atoms with Crippen molar-refractivity contribution in [3.63, 3.8) is 0 Å². The van der Waals surface area contributed by atoms with Gasteiger partial charge in [-0.3, -0.25) is 4.79 Å². The number of likely N-dealkylation sites (N-methyl/N-ethyl adjacent to an activating group) is 1. The molecule has 0 saturated carbocycles. The number of hydrogen-bond acceptors (Lipinski definition) is 2. The summed E-state index contributed by atoms with van der Waals surface area (Å²) in [4.78, 5) is 29.5. The fourth-order valence-corrected chi connectivity index (χ4v) is 2.94. The molecule has 0 saturated heterocycles. The zero-order chi connectivity index (χ0) is 13.7. The zero-order valence-electron chi connectivity index (χ0n) is 11.1. The number of nitrogens with zero attached hydrogens (tertiary/aromatic N) is 2. The van der Waals surface area contributed by atoms with E-state index in [9.17, 15) is 9.59 Å². The molecule has 94 valence electrons. The maximum Gasteiger partial charge on any atom is 0.235 e. The molecule has 0 aromatic heterocycles. The first kappa shape index (κ1) is 12.6. The second-order valence-electron chi connectivity index (χ2n) is 5.60. The van der Waals surface area contributed by atoms with Crippen LogP contribution >= 0.6 is 0 Å². The van der Waals surface area contributed by atoms with E-state index < -0.39 is 10.8 Å². The molecular formula is C14H16N2O2. The Morgan fingerprint density at radius 3 is 2.50 bits per heavy atom. The van der Waals surface area contributed by atoms with E-state index in [1.807, 2.05) is 6.08 Å². The van der Waals surface area contributed by atoms with Gasteiger partial charge in [-0.05, 0) is 12.5 Å². The molecule has 2 aliphatic rings. The number of Topliss-reactive ketones (excluding diaryl/α,β-unsaturated/α-hetero) is 1. The molecule has 1 heterocycles. The minimum Gasteiger partial charge on any atom is -0.341 e. The number of amides is 1. The van der Waals surface area contributed by atoms with Crippen LogP contribution < -0.4 is 0 Å². The summed E-state index contributed by atoms with van der Waals surface area (Å²) in [7, 11) is 1.73. The minimum atomic E-state index is -0.857. The van der Waals surface area contributed by atoms with Crippen molar-refractivity contribution in [2.45, 2.75) is 20.8 Å². The molecule has 0 aromatic rings. The fourth-order valence-electron chi connectivity index (χ4n) is 2.94. The van der Waals surface area contributed by atoms with Gasteiger partial charge in [0.25, 0.3) is 0 Å². The highest BCUT2D eigenvalue weighted by Gasteiger charge is 2.52. The summed E-state index contributed by atoms with van der Waals surface area (Å²) in [5.74, 6) is -0.250. The summed E-state index contributed by atoms with van der Waals surface area (Å²) in [5, 5.41) is 0. The van der Waals surface area contributed by atoms with E-state index >= 15 is 0 Å². The quantitative estimate of drug-likeness (QED) is 0.481. The summed E-state index contributed by atoms with van der Waals surface area (Å²) in [6, 6.07) is 0. The van der Waals surface area contributed by atoms with Gasteiger partial charge in [-0.25, -0.2) is 4.85 Å². The highest BCUT2D eigenvalue weighted by Crippen LogP contribution is 2.50. The van der Waals surface area contributed by atoms with Crippen LogP contribution in [0.15, 0.2) is 23.4 Å². The molecule has 1 amide bonds. The number of allylic oxidation sites excluding steroid dienone is 1. The molecule has 0 bridgehead atoms. The van der Waals surface area contributed by atoms with Crippen molar-refractivity contribution in [2.75, 3.05) is 13.6 Å². The van der Waals surface area contributed by atoms with E-state index in [-0.39, 0.29) is 17.4 Å². The largest absolute Gasteiger partial charge is 0.341 e. The summed E-state index contributed by atoms with van der Waals surface area (Å²) < 4.78 is 0. The van der Waals surface area contributed by atoms with Gasteiger partial charge in [-0.1, -0.05) is 26.0 Å². The van der Waals surface area contributed by atoms with Crippen LogP contribution in [-0.4, -0.2) is 30.2 Å². The van der Waals surface area contributed by atoms with E-state index in [0.717, 1.165) is 5.57 Å². The van der Waals surface area contributed by atoms with Crippen LogP contribution in [0.25, 0.3) is 4.85 Å². The second-order valence-corrected chi connectivity index (χ2v) is 5.60. The molecule has 0 spiro atoms. The molecule has 0 unspecified atom stereocenters. The van der Waals surface area contributed by atoms with Gasteiger partial charge in [0.2, 0.25) is 11.6 Å². The number of carbonyl (C=O) groups excluding carboxylic acids is 2. The van der Waals surface area contributed by atoms with Crippen molar-refractivity contribution in [2.24, 2.45) is 10.8 Å². The average Bonchev–Trinajstić information content (AvgIpc) is 2.31. The van der Waals surface area contributed by atoms with Crippen LogP contribution in [0.3, 0.4) is 0 Å². The predicted molar refractivity (Wildman–Crippen MR) is 67.3 cm³/mol. The third-order valence-corrected chi connectivity index (χ3v) is 3.94. The van der Waals surface area contributed by atoms with E-state index in [1.165, 1.54) is 6.08 Å². The Balaban J connectivity index is 2.73. The van der Waals surface area contributed by atoms with Crippen LogP contribution in [0.2, 0.25) is 0 Å². The molecule has 4 heteroatoms. The van der Waals surface area contributed by atoms with Gasteiger partial charge in [0, 0.05) is 19.0 Å². The molecular weight excluding hydrogens is 228 g/mol. The van der Waals surface area contributed by atoms with Crippen molar-refractivity contribution in [3.8, 4) is 0 Å². The molecule has 2 rings (SSSR count). The summed E-state index contributed by atoms with van der Waals surface area (Å²) in [6.45, 7) is 13.0. The Bertz CT molecular complexity index is 549. The van der Waals surface area contributed by atoms with E-state index in [4.69, 9.17) is 6.57 Å². The molecule has 0 aromatic carbocycles. The van der Waals surface area contributed by atoms with Gasteiger partial charge in [0.05, 0.1) is 12.0 Å². The first-order valence-electron chi connectivity index (χ1n) is 5.87. The average molecular weight is 244 g/mol. The molecule has 1 aliphatic heterocycles. The molecule has 1 aliphatic carbocycles. The Kier molecular flexibility index (Phi) is 2.48. The van der Waals surface area contributed by atoms with Crippen LogP contribution in [0.5, 0.6) is 0 Å². The minimum absolute atomic E-state index is 0.0540. The number of fused-ring (bicyclic) bond motifs is 1. The maximum absolute atomic E-state index is 12.4. The number of hydrogen-bond donors (Lipinski definition) is 0. The monoisotopic (exact) mass is 244 g/mol. The Hall–Kier alpha value is -1.89. The third-order valence-electron chi connectivity index (χ3n) is 3.94. The molecule has 18 heavy (non-hydrogen) atoms. The number of carbonyl (C=O) groups is 2. The first-order valence-corrected chi connectivity index (χ1v) is 5.87. The highest BCUT2D eigenvalue weighted by molar-refractivity contribution is 6.08. The SMILES string of the molecule is [C-]#[N+]C1=C[C@]2(C)C(=O)N(C)CC=C2C(C)(C)C1=O. The van der Waals surface area contributed by atoms with Crippen LogP contribution in [0, 0.1) is 17.4 Å². The molecule has 1 atom stereocenters. The van der Waals surface area contributed by atoms with Crippen molar-refractivity contribution in [1.82, 2.24) is 4.90 Å². The van der Waals surface area contributed by atoms with Gasteiger partial charge >= 0.3 is 0 Å². The van der Waals surface area contributed by atoms with Gasteiger partial charge in [-0.15, -0.1) is 0 Å². The highest BCUT2D eigenvalue weighted by atomic mass is 16.2. The van der Waals surface area contributed by atoms with Crippen molar-refractivity contribution >= 4 is 11.7 Å². The van der Waals surface area contributed by atoms with Crippen molar-refractivity contribution in [3.05, 3.63) is 34.8 Å². The Labute approximate surface area is 107 Å². The standard InChI is InChI=1S/C14H16N2O2/c1-13(2)10-6-7-16(5)12(18)14(10,3)8-9(15-4)11(13)17/h6,8H,7H2,1-3,5H3/t14-/m0/s1. The zero-order valence-corrected chi connectivity index (χ0v) is 11.1. The normalized spacial score (nSPS) is 30.3. The smallest absolute Gasteiger partial charge is 0.235 e. The van der Waals surface area contributed by atoms with Gasteiger partial charge < -0.3 is 9.69 Å². The lowest BCUT2D eigenvalue weighted by atomic mass is 9.60. The fraction of sp³-hybridized carbons (Fsp3) is 0.500. The van der Waals surface area contributed by atoms with E-state index in [0.29, 0.717) is 6.54 Å². The lowest BCUT2D eigenvalue weighted by molar-refractivity contribution is -0.137. The molecule has 0 fully saturated rings. The summed E-state index contributed by atoms with van der Waals surface area (Å²) in [5.41, 5.74) is -0.747. The lowest BCUT2D eigenvalue weighted by Crippen LogP contribution is -2.51. The predicted octanol–water partition coefficient (Wildman–Crippen LogP) is 1.80. The van der Waals surface area contributed by atoms with Gasteiger partial charge in [-0.2, -0.15) is 0 Å².